The highest BCUT2D eigenvalue weighted by atomic mass is 35.5. The van der Waals surface area contributed by atoms with Crippen molar-refractivity contribution >= 4 is 23.5 Å². The molecule has 0 fully saturated rings. The average molecular weight is 363 g/mol. The van der Waals surface area contributed by atoms with Gasteiger partial charge in [-0.2, -0.15) is 5.43 Å². The molecule has 0 aromatic heterocycles. The third-order valence-electron chi connectivity index (χ3n) is 3.72. The Bertz CT molecular complexity index is 840. The predicted molar refractivity (Wildman–Crippen MR) is 89.8 cm³/mol. The van der Waals surface area contributed by atoms with Gasteiger partial charge < -0.3 is 14.2 Å². The van der Waals surface area contributed by atoms with Gasteiger partial charge in [-0.1, -0.05) is 23.7 Å². The molecule has 0 spiro atoms. The average Bonchev–Trinajstić information content (AvgIpc) is 2.95. The lowest BCUT2D eigenvalue weighted by Crippen LogP contribution is -2.40. The van der Waals surface area contributed by atoms with Crippen molar-refractivity contribution in [2.75, 3.05) is 14.2 Å². The summed E-state index contributed by atoms with van der Waals surface area (Å²) < 4.78 is 15.7. The van der Waals surface area contributed by atoms with Gasteiger partial charge in [0.15, 0.2) is 17.7 Å². The Labute approximate surface area is 148 Å². The minimum atomic E-state index is -0.853. The summed E-state index contributed by atoms with van der Waals surface area (Å²) >= 11 is 5.99. The van der Waals surface area contributed by atoms with Crippen LogP contribution in [0.5, 0.6) is 11.5 Å². The summed E-state index contributed by atoms with van der Waals surface area (Å²) in [6.07, 6.45) is -0.853. The van der Waals surface area contributed by atoms with Crippen LogP contribution in [-0.2, 0) is 4.74 Å². The van der Waals surface area contributed by atoms with Crippen LogP contribution >= 0.6 is 11.6 Å². The number of fused-ring (bicyclic) bond motifs is 1. The second-order valence-electron chi connectivity index (χ2n) is 5.13. The van der Waals surface area contributed by atoms with Crippen LogP contribution in [0, 0.1) is 0 Å². The second kappa shape index (κ2) is 7.00. The number of carbonyl (C=O) groups excluding carboxylic acids is 2. The summed E-state index contributed by atoms with van der Waals surface area (Å²) in [6, 6.07) is 9.94. The molecule has 7 nitrogen and oxygen atoms in total. The van der Waals surface area contributed by atoms with Crippen molar-refractivity contribution in [3.63, 3.8) is 0 Å². The molecule has 0 radical (unpaired) electrons. The van der Waals surface area contributed by atoms with Gasteiger partial charge >= 0.3 is 5.97 Å². The van der Waals surface area contributed by atoms with Crippen LogP contribution in [0.3, 0.4) is 0 Å². The first kappa shape index (κ1) is 17.1. The van der Waals surface area contributed by atoms with Crippen molar-refractivity contribution < 1.29 is 23.8 Å². The summed E-state index contributed by atoms with van der Waals surface area (Å²) in [7, 11) is 2.91. The van der Waals surface area contributed by atoms with Crippen LogP contribution in [0.25, 0.3) is 0 Å². The summed E-state index contributed by atoms with van der Waals surface area (Å²) in [5, 5.41) is 0.317. The van der Waals surface area contributed by atoms with Gasteiger partial charge in [-0.3, -0.25) is 10.2 Å². The van der Waals surface area contributed by atoms with Crippen LogP contribution in [0.4, 0.5) is 0 Å². The molecule has 2 aromatic carbocycles. The first-order valence-corrected chi connectivity index (χ1v) is 7.71. The minimum Gasteiger partial charge on any atom is -0.493 e. The molecule has 0 saturated carbocycles. The zero-order chi connectivity index (χ0) is 18.0. The van der Waals surface area contributed by atoms with Gasteiger partial charge in [0.1, 0.15) is 5.56 Å². The molecule has 0 bridgehead atoms. The molecule has 3 rings (SSSR count). The van der Waals surface area contributed by atoms with E-state index in [2.05, 4.69) is 10.9 Å². The molecule has 1 atom stereocenters. The highest BCUT2D eigenvalue weighted by Crippen LogP contribution is 2.40. The Balaban J connectivity index is 1.80. The van der Waals surface area contributed by atoms with Crippen LogP contribution < -0.4 is 20.3 Å². The largest absolute Gasteiger partial charge is 0.493 e. The minimum absolute atomic E-state index is 0.256. The van der Waals surface area contributed by atoms with E-state index in [0.29, 0.717) is 21.9 Å². The van der Waals surface area contributed by atoms with Crippen LogP contribution in [0.2, 0.25) is 5.02 Å². The van der Waals surface area contributed by atoms with Crippen molar-refractivity contribution in [2.45, 2.75) is 6.23 Å². The van der Waals surface area contributed by atoms with Crippen LogP contribution in [-0.4, -0.2) is 26.1 Å². The normalized spacial score (nSPS) is 15.3. The standard InChI is InChI=1S/C17H15ClN2O5/c1-23-12-8-7-10-13(14(12)24-2)17(22)25-16(10)20-19-15(21)9-5-3-4-6-11(9)18/h3-8,16,20H,1-2H3,(H,19,21)/t16-/m1/s1. The van der Waals surface area contributed by atoms with E-state index in [1.165, 1.54) is 14.2 Å². The van der Waals surface area contributed by atoms with Gasteiger partial charge in [-0.25, -0.2) is 4.79 Å². The maximum Gasteiger partial charge on any atom is 0.344 e. The summed E-state index contributed by atoms with van der Waals surface area (Å²) in [5.41, 5.74) is 6.26. The maximum absolute atomic E-state index is 12.2. The molecule has 25 heavy (non-hydrogen) atoms. The summed E-state index contributed by atoms with van der Waals surface area (Å²) in [4.78, 5) is 24.4. The molecule has 2 N–H and O–H groups in total. The number of hydrazine groups is 1. The van der Waals surface area contributed by atoms with E-state index in [1.807, 2.05) is 0 Å². The smallest absolute Gasteiger partial charge is 0.344 e. The maximum atomic E-state index is 12.2. The molecule has 8 heteroatoms. The number of hydrogen-bond donors (Lipinski definition) is 2. The van der Waals surface area contributed by atoms with E-state index in [-0.39, 0.29) is 11.3 Å². The van der Waals surface area contributed by atoms with Gasteiger partial charge in [0.2, 0.25) is 0 Å². The highest BCUT2D eigenvalue weighted by Gasteiger charge is 2.36. The third kappa shape index (κ3) is 3.11. The van der Waals surface area contributed by atoms with Crippen LogP contribution in [0.15, 0.2) is 36.4 Å². The number of rotatable bonds is 5. The number of methoxy groups -OCH3 is 2. The molecule has 130 valence electrons. The van der Waals surface area contributed by atoms with Crippen molar-refractivity contribution in [2.24, 2.45) is 0 Å². The fourth-order valence-corrected chi connectivity index (χ4v) is 2.77. The number of amides is 1. The molecular weight excluding hydrogens is 348 g/mol. The van der Waals surface area contributed by atoms with Gasteiger partial charge in [0.05, 0.1) is 24.8 Å². The molecular formula is C17H15ClN2O5. The summed E-state index contributed by atoms with van der Waals surface area (Å²) in [5.74, 6) is -0.323. The molecule has 0 unspecified atom stereocenters. The molecule has 1 heterocycles. The fraction of sp³-hybridized carbons (Fsp3) is 0.176. The van der Waals surface area contributed by atoms with Crippen molar-refractivity contribution in [3.05, 3.63) is 58.1 Å². The zero-order valence-corrected chi connectivity index (χ0v) is 14.2. The van der Waals surface area contributed by atoms with Crippen molar-refractivity contribution in [1.82, 2.24) is 10.9 Å². The monoisotopic (exact) mass is 362 g/mol. The lowest BCUT2D eigenvalue weighted by molar-refractivity contribution is 0.0260. The van der Waals surface area contributed by atoms with E-state index >= 15 is 0 Å². The lowest BCUT2D eigenvalue weighted by atomic mass is 10.1. The number of halogens is 1. The zero-order valence-electron chi connectivity index (χ0n) is 13.5. The predicted octanol–water partition coefficient (Wildman–Crippen LogP) is 2.46. The van der Waals surface area contributed by atoms with E-state index < -0.39 is 18.1 Å². The molecule has 1 aliphatic heterocycles. The van der Waals surface area contributed by atoms with Crippen molar-refractivity contribution in [1.29, 1.82) is 0 Å². The van der Waals surface area contributed by atoms with Crippen LogP contribution in [0.1, 0.15) is 32.5 Å². The van der Waals surface area contributed by atoms with E-state index in [4.69, 9.17) is 25.8 Å². The fourth-order valence-electron chi connectivity index (χ4n) is 2.55. The Kier molecular flexibility index (Phi) is 4.78. The number of benzene rings is 2. The number of cyclic esters (lactones) is 1. The van der Waals surface area contributed by atoms with E-state index in [0.717, 1.165) is 0 Å². The quantitative estimate of drug-likeness (QED) is 0.627. The third-order valence-corrected chi connectivity index (χ3v) is 4.05. The van der Waals surface area contributed by atoms with E-state index in [9.17, 15) is 9.59 Å². The van der Waals surface area contributed by atoms with Gasteiger partial charge in [-0.05, 0) is 24.3 Å². The number of hydrogen-bond acceptors (Lipinski definition) is 6. The lowest BCUT2D eigenvalue weighted by Gasteiger charge is -2.15. The first-order valence-electron chi connectivity index (χ1n) is 7.33. The topological polar surface area (TPSA) is 85.9 Å². The number of esters is 1. The molecule has 1 aliphatic rings. The number of carbonyl (C=O) groups is 2. The molecule has 1 amide bonds. The van der Waals surface area contributed by atoms with Crippen molar-refractivity contribution in [3.8, 4) is 11.5 Å². The van der Waals surface area contributed by atoms with E-state index in [1.54, 1.807) is 36.4 Å². The van der Waals surface area contributed by atoms with Gasteiger partial charge in [0.25, 0.3) is 5.91 Å². The Morgan fingerprint density at radius 3 is 2.60 bits per heavy atom. The Hall–Kier alpha value is -2.77. The number of nitrogens with one attached hydrogen (secondary N) is 2. The second-order valence-corrected chi connectivity index (χ2v) is 5.54. The Morgan fingerprint density at radius 1 is 1.16 bits per heavy atom. The Morgan fingerprint density at radius 2 is 1.92 bits per heavy atom. The van der Waals surface area contributed by atoms with Gasteiger partial charge in [0, 0.05) is 5.56 Å². The molecule has 0 aliphatic carbocycles. The van der Waals surface area contributed by atoms with Gasteiger partial charge in [-0.15, -0.1) is 0 Å². The molecule has 0 saturated heterocycles. The molecule has 2 aromatic rings. The first-order chi connectivity index (χ1) is 12.1. The number of ether oxygens (including phenoxy) is 3. The highest BCUT2D eigenvalue weighted by molar-refractivity contribution is 6.33. The SMILES string of the molecule is COc1ccc2c(c1OC)C(=O)O[C@H]2NNC(=O)c1ccccc1Cl. The summed E-state index contributed by atoms with van der Waals surface area (Å²) in [6.45, 7) is 0.